The number of hydrazine groups is 1. The van der Waals surface area contributed by atoms with E-state index < -0.39 is 0 Å². The van der Waals surface area contributed by atoms with Crippen molar-refractivity contribution in [2.75, 3.05) is 26.7 Å². The van der Waals surface area contributed by atoms with E-state index in [9.17, 15) is 4.39 Å². The average molecular weight is 288 g/mol. The van der Waals surface area contributed by atoms with E-state index in [1.54, 1.807) is 6.07 Å². The Balaban J connectivity index is 2.07. The van der Waals surface area contributed by atoms with E-state index >= 15 is 0 Å². The van der Waals surface area contributed by atoms with E-state index in [1.807, 2.05) is 7.05 Å². The van der Waals surface area contributed by atoms with Crippen LogP contribution in [0.25, 0.3) is 0 Å². The lowest BCUT2D eigenvalue weighted by atomic mass is 10.0. The first-order chi connectivity index (χ1) is 9.10. The van der Waals surface area contributed by atoms with Gasteiger partial charge in [-0.05, 0) is 37.2 Å². The Morgan fingerprint density at radius 2 is 2.42 bits per heavy atom. The number of nitrogens with two attached hydrogens (primary N) is 1. The minimum absolute atomic E-state index is 0.0249. The molecule has 2 rings (SSSR count). The summed E-state index contributed by atoms with van der Waals surface area (Å²) in [6, 6.07) is 4.26. The molecule has 106 valence electrons. The maximum Gasteiger partial charge on any atom is 0.123 e. The van der Waals surface area contributed by atoms with E-state index in [1.165, 1.54) is 12.1 Å². The Labute approximate surface area is 117 Å². The smallest absolute Gasteiger partial charge is 0.123 e. The predicted molar refractivity (Wildman–Crippen MR) is 73.5 cm³/mol. The lowest BCUT2D eigenvalue weighted by molar-refractivity contribution is -0.0384. The van der Waals surface area contributed by atoms with E-state index in [0.29, 0.717) is 18.1 Å². The maximum atomic E-state index is 13.3. The topological polar surface area (TPSA) is 50.5 Å². The van der Waals surface area contributed by atoms with Crippen molar-refractivity contribution in [3.63, 3.8) is 0 Å². The Bertz CT molecular complexity index is 432. The third kappa shape index (κ3) is 3.87. The van der Waals surface area contributed by atoms with E-state index in [2.05, 4.69) is 10.3 Å². The molecule has 0 aromatic heterocycles. The highest BCUT2D eigenvalue weighted by Gasteiger charge is 2.26. The van der Waals surface area contributed by atoms with Gasteiger partial charge in [-0.2, -0.15) is 0 Å². The molecule has 3 N–H and O–H groups in total. The van der Waals surface area contributed by atoms with Gasteiger partial charge in [-0.25, -0.2) is 4.39 Å². The summed E-state index contributed by atoms with van der Waals surface area (Å²) < 4.78 is 19.0. The normalized spacial score (nSPS) is 22.4. The summed E-state index contributed by atoms with van der Waals surface area (Å²) in [4.78, 5) is 2.19. The van der Waals surface area contributed by atoms with Crippen molar-refractivity contribution < 1.29 is 9.13 Å². The van der Waals surface area contributed by atoms with Gasteiger partial charge in [0.2, 0.25) is 0 Å². The fourth-order valence-electron chi connectivity index (χ4n) is 2.29. The van der Waals surface area contributed by atoms with Crippen LogP contribution in [0, 0.1) is 5.82 Å². The fraction of sp³-hybridized carbons (Fsp3) is 0.538. The number of hydrogen-bond donors (Lipinski definition) is 2. The maximum absolute atomic E-state index is 13.3. The number of rotatable bonds is 4. The zero-order valence-electron chi connectivity index (χ0n) is 10.9. The fourth-order valence-corrected chi connectivity index (χ4v) is 2.48. The molecule has 4 nitrogen and oxygen atoms in total. The molecule has 0 saturated carbocycles. The highest BCUT2D eigenvalue weighted by molar-refractivity contribution is 6.31. The number of likely N-dealkylation sites (N-methyl/N-ethyl adjacent to an activating group) is 1. The highest BCUT2D eigenvalue weighted by atomic mass is 35.5. The molecule has 0 aliphatic carbocycles. The molecular formula is C13H19ClFN3O. The summed E-state index contributed by atoms with van der Waals surface area (Å²) in [6.07, 6.45) is 0.508. The van der Waals surface area contributed by atoms with Crippen LogP contribution in [0.15, 0.2) is 18.2 Å². The molecule has 2 atom stereocenters. The van der Waals surface area contributed by atoms with Gasteiger partial charge >= 0.3 is 0 Å². The first-order valence-corrected chi connectivity index (χ1v) is 6.68. The lowest BCUT2D eigenvalue weighted by Crippen LogP contribution is -2.54. The summed E-state index contributed by atoms with van der Waals surface area (Å²) in [5.41, 5.74) is 3.49. The third-order valence-electron chi connectivity index (χ3n) is 3.41. The minimum Gasteiger partial charge on any atom is -0.374 e. The van der Waals surface area contributed by atoms with Crippen LogP contribution in [-0.2, 0) is 11.2 Å². The predicted octanol–water partition coefficient (Wildman–Crippen LogP) is 1.18. The van der Waals surface area contributed by atoms with Gasteiger partial charge in [0.15, 0.2) is 0 Å². The second kappa shape index (κ2) is 6.63. The molecule has 6 heteroatoms. The number of morpholine rings is 1. The molecule has 1 aliphatic heterocycles. The van der Waals surface area contributed by atoms with Gasteiger partial charge in [0.1, 0.15) is 5.82 Å². The first-order valence-electron chi connectivity index (χ1n) is 6.30. The van der Waals surface area contributed by atoms with Crippen LogP contribution in [0.4, 0.5) is 4.39 Å². The van der Waals surface area contributed by atoms with Crippen LogP contribution in [0.2, 0.25) is 5.02 Å². The molecule has 1 fully saturated rings. The number of nitrogens with zero attached hydrogens (tertiary/aromatic N) is 1. The molecule has 2 unspecified atom stereocenters. The van der Waals surface area contributed by atoms with Crippen molar-refractivity contribution in [1.29, 1.82) is 0 Å². The zero-order valence-corrected chi connectivity index (χ0v) is 11.7. The van der Waals surface area contributed by atoms with Crippen LogP contribution in [0.5, 0.6) is 0 Å². The third-order valence-corrected chi connectivity index (χ3v) is 3.78. The number of ether oxygens (including phenoxy) is 1. The lowest BCUT2D eigenvalue weighted by Gasteiger charge is -2.35. The van der Waals surface area contributed by atoms with Crippen LogP contribution in [0.1, 0.15) is 5.56 Å². The molecule has 19 heavy (non-hydrogen) atoms. The molecule has 0 spiro atoms. The second-order valence-corrected chi connectivity index (χ2v) is 5.29. The summed E-state index contributed by atoms with van der Waals surface area (Å²) in [6.45, 7) is 2.38. The van der Waals surface area contributed by atoms with Crippen LogP contribution < -0.4 is 11.3 Å². The molecule has 1 heterocycles. The van der Waals surface area contributed by atoms with Crippen molar-refractivity contribution in [3.8, 4) is 0 Å². The van der Waals surface area contributed by atoms with Gasteiger partial charge in [-0.1, -0.05) is 11.6 Å². The molecule has 0 bridgehead atoms. The molecule has 1 aromatic rings. The summed E-state index contributed by atoms with van der Waals surface area (Å²) >= 11 is 6.08. The quantitative estimate of drug-likeness (QED) is 0.645. The Morgan fingerprint density at radius 3 is 3.11 bits per heavy atom. The SMILES string of the molecule is CN1CCOC(C(Cc2cc(F)ccc2Cl)NN)C1. The zero-order chi connectivity index (χ0) is 13.8. The van der Waals surface area contributed by atoms with Crippen molar-refractivity contribution in [1.82, 2.24) is 10.3 Å². The van der Waals surface area contributed by atoms with E-state index in [-0.39, 0.29) is 18.0 Å². The van der Waals surface area contributed by atoms with E-state index in [4.69, 9.17) is 22.2 Å². The standard InChI is InChI=1S/C13H19ClFN3O/c1-18-4-5-19-13(8-18)12(17-16)7-9-6-10(15)2-3-11(9)14/h2-3,6,12-13,17H,4-5,7-8,16H2,1H3. The molecule has 1 aliphatic rings. The Hall–Kier alpha value is -0.720. The van der Waals surface area contributed by atoms with Gasteiger partial charge in [-0.3, -0.25) is 11.3 Å². The van der Waals surface area contributed by atoms with Gasteiger partial charge in [0, 0.05) is 18.1 Å². The van der Waals surface area contributed by atoms with Crippen molar-refractivity contribution in [2.24, 2.45) is 5.84 Å². The van der Waals surface area contributed by atoms with Crippen LogP contribution >= 0.6 is 11.6 Å². The van der Waals surface area contributed by atoms with Crippen LogP contribution in [-0.4, -0.2) is 43.8 Å². The van der Waals surface area contributed by atoms with Crippen molar-refractivity contribution in [2.45, 2.75) is 18.6 Å². The van der Waals surface area contributed by atoms with Gasteiger partial charge < -0.3 is 9.64 Å². The number of benzene rings is 1. The van der Waals surface area contributed by atoms with Gasteiger partial charge in [-0.15, -0.1) is 0 Å². The second-order valence-electron chi connectivity index (χ2n) is 4.88. The number of hydrogen-bond acceptors (Lipinski definition) is 4. The molecular weight excluding hydrogens is 269 g/mol. The summed E-state index contributed by atoms with van der Waals surface area (Å²) in [5.74, 6) is 5.31. The van der Waals surface area contributed by atoms with Crippen molar-refractivity contribution in [3.05, 3.63) is 34.6 Å². The Morgan fingerprint density at radius 1 is 1.63 bits per heavy atom. The number of nitrogens with one attached hydrogen (secondary N) is 1. The van der Waals surface area contributed by atoms with Crippen LogP contribution in [0.3, 0.4) is 0 Å². The summed E-state index contributed by atoms with van der Waals surface area (Å²) in [7, 11) is 2.04. The van der Waals surface area contributed by atoms with Crippen molar-refractivity contribution >= 4 is 11.6 Å². The molecule has 1 saturated heterocycles. The highest BCUT2D eigenvalue weighted by Crippen LogP contribution is 2.20. The molecule has 0 radical (unpaired) electrons. The van der Waals surface area contributed by atoms with Gasteiger partial charge in [0.25, 0.3) is 0 Å². The molecule has 0 amide bonds. The first kappa shape index (κ1) is 14.7. The summed E-state index contributed by atoms with van der Waals surface area (Å²) in [5, 5.41) is 0.547. The Kier molecular flexibility index (Phi) is 5.13. The van der Waals surface area contributed by atoms with E-state index in [0.717, 1.165) is 18.7 Å². The molecule has 1 aromatic carbocycles. The average Bonchev–Trinajstić information content (AvgIpc) is 2.39. The number of halogens is 2. The monoisotopic (exact) mass is 287 g/mol. The largest absolute Gasteiger partial charge is 0.374 e. The minimum atomic E-state index is -0.295. The van der Waals surface area contributed by atoms with Gasteiger partial charge in [0.05, 0.1) is 18.8 Å².